The normalized spacial score (nSPS) is 10.3. The van der Waals surface area contributed by atoms with E-state index in [4.69, 9.17) is 15.2 Å². The fraction of sp³-hybridized carbons (Fsp3) is 0.375. The molecule has 1 aromatic rings. The zero-order valence-corrected chi connectivity index (χ0v) is 13.4. The molecule has 0 heterocycles. The van der Waals surface area contributed by atoms with Crippen LogP contribution in [0.1, 0.15) is 18.4 Å². The minimum Gasteiger partial charge on any atom is -0.493 e. The number of hydrogen-bond donors (Lipinski definition) is 3. The van der Waals surface area contributed by atoms with Gasteiger partial charge in [0.1, 0.15) is 0 Å². The lowest BCUT2D eigenvalue weighted by molar-refractivity contribution is -0.116. The number of nitrogens with two attached hydrogens (primary N) is 1. The number of amides is 3. The number of methoxy groups -OCH3 is 2. The van der Waals surface area contributed by atoms with Crippen LogP contribution in [0.15, 0.2) is 24.3 Å². The predicted molar refractivity (Wildman–Crippen MR) is 88.4 cm³/mol. The van der Waals surface area contributed by atoms with Gasteiger partial charge in [0, 0.05) is 19.2 Å². The van der Waals surface area contributed by atoms with Crippen molar-refractivity contribution < 1.29 is 19.1 Å². The molecule has 0 bridgehead atoms. The first-order valence-corrected chi connectivity index (χ1v) is 7.28. The molecule has 0 aliphatic carbocycles. The average Bonchev–Trinajstić information content (AvgIpc) is 2.55. The van der Waals surface area contributed by atoms with E-state index in [-0.39, 0.29) is 5.91 Å². The van der Waals surface area contributed by atoms with E-state index in [9.17, 15) is 9.59 Å². The van der Waals surface area contributed by atoms with Gasteiger partial charge in [-0.1, -0.05) is 6.07 Å². The number of benzene rings is 1. The van der Waals surface area contributed by atoms with Crippen LogP contribution >= 0.6 is 0 Å². The standard InChI is InChI=1S/C16H23N3O4/c1-22-13-7-5-12(11-14(13)23-2)6-8-15(20)18-9-3-4-10-19-16(17)21/h5-8,11H,3-4,9-10H2,1-2H3,(H,18,20)(H3,17,19,21)/b8-6-. The molecule has 23 heavy (non-hydrogen) atoms. The van der Waals surface area contributed by atoms with Crippen molar-refractivity contribution in [2.45, 2.75) is 12.8 Å². The molecular formula is C16H23N3O4. The number of rotatable bonds is 9. The third kappa shape index (κ3) is 7.21. The number of carbonyl (C=O) groups is 2. The second kappa shape index (κ2) is 10.1. The van der Waals surface area contributed by atoms with Crippen molar-refractivity contribution in [1.82, 2.24) is 10.6 Å². The van der Waals surface area contributed by atoms with E-state index >= 15 is 0 Å². The number of hydrogen-bond acceptors (Lipinski definition) is 4. The highest BCUT2D eigenvalue weighted by Crippen LogP contribution is 2.27. The van der Waals surface area contributed by atoms with Crippen molar-refractivity contribution in [3.05, 3.63) is 29.8 Å². The fourth-order valence-electron chi connectivity index (χ4n) is 1.86. The van der Waals surface area contributed by atoms with Gasteiger partial charge in [-0.25, -0.2) is 4.79 Å². The molecule has 0 unspecified atom stereocenters. The summed E-state index contributed by atoms with van der Waals surface area (Å²) < 4.78 is 10.4. The van der Waals surface area contributed by atoms with Crippen molar-refractivity contribution in [2.75, 3.05) is 27.3 Å². The molecule has 0 spiro atoms. The van der Waals surface area contributed by atoms with Gasteiger partial charge in [-0.2, -0.15) is 0 Å². The van der Waals surface area contributed by atoms with Gasteiger partial charge in [-0.15, -0.1) is 0 Å². The number of unbranched alkanes of at least 4 members (excludes halogenated alkanes) is 1. The van der Waals surface area contributed by atoms with E-state index in [1.165, 1.54) is 6.08 Å². The smallest absolute Gasteiger partial charge is 0.312 e. The van der Waals surface area contributed by atoms with Crippen molar-refractivity contribution >= 4 is 18.0 Å². The Bertz CT molecular complexity index is 558. The van der Waals surface area contributed by atoms with Gasteiger partial charge in [0.05, 0.1) is 14.2 Å². The summed E-state index contributed by atoms with van der Waals surface area (Å²) in [5, 5.41) is 5.26. The van der Waals surface area contributed by atoms with E-state index < -0.39 is 6.03 Å². The summed E-state index contributed by atoms with van der Waals surface area (Å²) in [7, 11) is 3.13. The van der Waals surface area contributed by atoms with Crippen LogP contribution in [0, 0.1) is 0 Å². The Balaban J connectivity index is 2.36. The Kier molecular flexibility index (Phi) is 8.06. The average molecular weight is 321 g/mol. The Labute approximate surface area is 135 Å². The molecule has 7 heteroatoms. The van der Waals surface area contributed by atoms with Crippen LogP contribution in [0.5, 0.6) is 11.5 Å². The molecule has 3 amide bonds. The van der Waals surface area contributed by atoms with Gasteiger partial charge < -0.3 is 25.8 Å². The summed E-state index contributed by atoms with van der Waals surface area (Å²) in [5.41, 5.74) is 5.78. The molecule has 0 fully saturated rings. The molecule has 7 nitrogen and oxygen atoms in total. The monoisotopic (exact) mass is 321 g/mol. The van der Waals surface area contributed by atoms with Gasteiger partial charge >= 0.3 is 6.03 Å². The van der Waals surface area contributed by atoms with Crippen LogP contribution in [-0.4, -0.2) is 39.2 Å². The van der Waals surface area contributed by atoms with E-state index in [1.807, 2.05) is 6.07 Å². The Morgan fingerprint density at radius 1 is 1.09 bits per heavy atom. The summed E-state index contributed by atoms with van der Waals surface area (Å²) in [6, 6.07) is 4.87. The fourth-order valence-corrected chi connectivity index (χ4v) is 1.86. The van der Waals surface area contributed by atoms with E-state index in [0.717, 1.165) is 18.4 Å². The van der Waals surface area contributed by atoms with Crippen LogP contribution in [-0.2, 0) is 4.79 Å². The van der Waals surface area contributed by atoms with Crippen molar-refractivity contribution in [1.29, 1.82) is 0 Å². The largest absolute Gasteiger partial charge is 0.493 e. The summed E-state index contributed by atoms with van der Waals surface area (Å²) in [5.74, 6) is 1.07. The van der Waals surface area contributed by atoms with Gasteiger partial charge in [0.15, 0.2) is 11.5 Å². The maximum Gasteiger partial charge on any atom is 0.312 e. The van der Waals surface area contributed by atoms with Gasteiger partial charge in [-0.3, -0.25) is 4.79 Å². The highest BCUT2D eigenvalue weighted by Gasteiger charge is 2.03. The van der Waals surface area contributed by atoms with Crippen LogP contribution in [0.3, 0.4) is 0 Å². The first kappa shape index (κ1) is 18.3. The summed E-state index contributed by atoms with van der Waals surface area (Å²) in [6.07, 6.45) is 4.67. The van der Waals surface area contributed by atoms with Crippen LogP contribution < -0.4 is 25.8 Å². The number of carbonyl (C=O) groups excluding carboxylic acids is 2. The first-order chi connectivity index (χ1) is 11.1. The van der Waals surface area contributed by atoms with Crippen LogP contribution in [0.25, 0.3) is 6.08 Å². The Morgan fingerprint density at radius 2 is 1.74 bits per heavy atom. The summed E-state index contributed by atoms with van der Waals surface area (Å²) in [4.78, 5) is 22.2. The summed E-state index contributed by atoms with van der Waals surface area (Å²) in [6.45, 7) is 1.04. The van der Waals surface area contributed by atoms with Crippen LogP contribution in [0.2, 0.25) is 0 Å². The minimum absolute atomic E-state index is 0.178. The van der Waals surface area contributed by atoms with E-state index in [2.05, 4.69) is 10.6 Å². The number of nitrogens with one attached hydrogen (secondary N) is 2. The molecule has 126 valence electrons. The molecule has 0 aliphatic heterocycles. The molecule has 0 saturated carbocycles. The molecular weight excluding hydrogens is 298 g/mol. The number of urea groups is 1. The minimum atomic E-state index is -0.535. The van der Waals surface area contributed by atoms with Gasteiger partial charge in [0.25, 0.3) is 0 Å². The highest BCUT2D eigenvalue weighted by atomic mass is 16.5. The van der Waals surface area contributed by atoms with Crippen molar-refractivity contribution in [2.24, 2.45) is 5.73 Å². The molecule has 1 aromatic carbocycles. The number of primary amides is 1. The third-order valence-electron chi connectivity index (χ3n) is 3.04. The Morgan fingerprint density at radius 3 is 2.35 bits per heavy atom. The van der Waals surface area contributed by atoms with Crippen molar-refractivity contribution in [3.8, 4) is 11.5 Å². The SMILES string of the molecule is COc1ccc(/C=C\C(=O)NCCCCNC(N)=O)cc1OC. The quantitative estimate of drug-likeness (QED) is 0.471. The molecule has 0 saturated heterocycles. The van der Waals surface area contributed by atoms with E-state index in [1.54, 1.807) is 32.4 Å². The summed E-state index contributed by atoms with van der Waals surface area (Å²) >= 11 is 0. The number of ether oxygens (including phenoxy) is 2. The zero-order valence-electron chi connectivity index (χ0n) is 13.4. The zero-order chi connectivity index (χ0) is 17.1. The topological polar surface area (TPSA) is 103 Å². The molecule has 0 aromatic heterocycles. The molecule has 0 atom stereocenters. The second-order valence-electron chi connectivity index (χ2n) is 4.74. The molecule has 0 aliphatic rings. The molecule has 4 N–H and O–H groups in total. The molecule has 0 radical (unpaired) electrons. The third-order valence-corrected chi connectivity index (χ3v) is 3.04. The molecule has 1 rings (SSSR count). The van der Waals surface area contributed by atoms with Crippen molar-refractivity contribution in [3.63, 3.8) is 0 Å². The first-order valence-electron chi connectivity index (χ1n) is 7.28. The predicted octanol–water partition coefficient (Wildman–Crippen LogP) is 1.28. The second-order valence-corrected chi connectivity index (χ2v) is 4.74. The lowest BCUT2D eigenvalue weighted by Crippen LogP contribution is -2.30. The Hall–Kier alpha value is -2.70. The lowest BCUT2D eigenvalue weighted by atomic mass is 10.2. The van der Waals surface area contributed by atoms with E-state index in [0.29, 0.717) is 24.6 Å². The van der Waals surface area contributed by atoms with Crippen LogP contribution in [0.4, 0.5) is 4.79 Å². The van der Waals surface area contributed by atoms with Gasteiger partial charge in [0.2, 0.25) is 5.91 Å². The maximum atomic E-state index is 11.7. The highest BCUT2D eigenvalue weighted by molar-refractivity contribution is 5.91. The van der Waals surface area contributed by atoms with Gasteiger partial charge in [-0.05, 0) is 36.6 Å². The maximum absolute atomic E-state index is 11.7. The lowest BCUT2D eigenvalue weighted by Gasteiger charge is -2.07.